The van der Waals surface area contributed by atoms with Gasteiger partial charge < -0.3 is 5.73 Å². The van der Waals surface area contributed by atoms with Crippen molar-refractivity contribution in [3.05, 3.63) is 45.0 Å². The van der Waals surface area contributed by atoms with Crippen LogP contribution in [-0.4, -0.2) is 27.2 Å². The number of amides is 1. The zero-order valence-corrected chi connectivity index (χ0v) is 11.4. The molecule has 0 aliphatic heterocycles. The van der Waals surface area contributed by atoms with E-state index in [0.29, 0.717) is 10.6 Å². The molecule has 0 aliphatic carbocycles. The van der Waals surface area contributed by atoms with Gasteiger partial charge in [0.2, 0.25) is 11.0 Å². The van der Waals surface area contributed by atoms with Crippen LogP contribution in [0.2, 0.25) is 0 Å². The van der Waals surface area contributed by atoms with Crippen LogP contribution in [-0.2, 0) is 11.2 Å². The topological polar surface area (TPSA) is 136 Å². The Labute approximate surface area is 122 Å². The van der Waals surface area contributed by atoms with E-state index in [1.54, 1.807) is 6.07 Å². The van der Waals surface area contributed by atoms with E-state index in [0.717, 1.165) is 11.3 Å². The molecular formula is C11H10N6O3S. The standard InChI is InChI=1S/C11H10N6O3S/c12-11-16-15-10(21-11)5-9(18)14-13-6-7-2-1-3-8(4-7)17(19)20/h1-4,6H,5H2,(H2,12,16)(H,14,18)/b13-6-. The van der Waals surface area contributed by atoms with Gasteiger partial charge in [-0.25, -0.2) is 5.43 Å². The summed E-state index contributed by atoms with van der Waals surface area (Å²) in [7, 11) is 0. The Morgan fingerprint density at radius 1 is 1.52 bits per heavy atom. The van der Waals surface area contributed by atoms with Crippen molar-refractivity contribution in [1.29, 1.82) is 0 Å². The first-order chi connectivity index (χ1) is 10.0. The largest absolute Gasteiger partial charge is 0.374 e. The van der Waals surface area contributed by atoms with Gasteiger partial charge in [-0.15, -0.1) is 10.2 Å². The third kappa shape index (κ3) is 4.31. The van der Waals surface area contributed by atoms with Crippen LogP contribution in [0.1, 0.15) is 10.6 Å². The first-order valence-corrected chi connectivity index (χ1v) is 6.50. The number of nitrogens with two attached hydrogens (primary N) is 1. The summed E-state index contributed by atoms with van der Waals surface area (Å²) >= 11 is 1.12. The summed E-state index contributed by atoms with van der Waals surface area (Å²) < 4.78 is 0. The van der Waals surface area contributed by atoms with Crippen molar-refractivity contribution in [3.63, 3.8) is 0 Å². The second-order valence-electron chi connectivity index (χ2n) is 3.86. The highest BCUT2D eigenvalue weighted by atomic mass is 32.1. The molecule has 108 valence electrons. The lowest BCUT2D eigenvalue weighted by atomic mass is 10.2. The van der Waals surface area contributed by atoms with Crippen LogP contribution < -0.4 is 11.2 Å². The van der Waals surface area contributed by atoms with E-state index in [1.165, 1.54) is 24.4 Å². The molecule has 1 heterocycles. The van der Waals surface area contributed by atoms with Crippen LogP contribution in [0.3, 0.4) is 0 Å². The quantitative estimate of drug-likeness (QED) is 0.474. The second-order valence-corrected chi connectivity index (χ2v) is 4.95. The van der Waals surface area contributed by atoms with Crippen LogP contribution in [0.4, 0.5) is 10.8 Å². The zero-order valence-electron chi connectivity index (χ0n) is 10.6. The van der Waals surface area contributed by atoms with Gasteiger partial charge in [0.05, 0.1) is 17.6 Å². The maximum Gasteiger partial charge on any atom is 0.270 e. The average molecular weight is 306 g/mol. The predicted octanol–water partition coefficient (Wildman–Crippen LogP) is 0.721. The van der Waals surface area contributed by atoms with E-state index in [2.05, 4.69) is 20.7 Å². The number of anilines is 1. The number of carbonyl (C=O) groups is 1. The number of non-ortho nitro benzene ring substituents is 1. The van der Waals surface area contributed by atoms with Gasteiger partial charge in [0.1, 0.15) is 5.01 Å². The molecular weight excluding hydrogens is 296 g/mol. The number of hydrogen-bond donors (Lipinski definition) is 2. The first kappa shape index (κ1) is 14.5. The summed E-state index contributed by atoms with van der Waals surface area (Å²) in [5.74, 6) is -0.382. The van der Waals surface area contributed by atoms with E-state index < -0.39 is 4.92 Å². The third-order valence-corrected chi connectivity index (χ3v) is 3.03. The first-order valence-electron chi connectivity index (χ1n) is 5.69. The SMILES string of the molecule is Nc1nnc(CC(=O)N/N=C\c2cccc([N+](=O)[O-])c2)s1. The minimum Gasteiger partial charge on any atom is -0.374 e. The molecule has 0 fully saturated rings. The highest BCUT2D eigenvalue weighted by Crippen LogP contribution is 2.12. The van der Waals surface area contributed by atoms with E-state index in [1.807, 2.05) is 0 Å². The van der Waals surface area contributed by atoms with Gasteiger partial charge in [0, 0.05) is 17.7 Å². The summed E-state index contributed by atoms with van der Waals surface area (Å²) in [5.41, 5.74) is 8.15. The molecule has 2 aromatic rings. The number of nitrogen functional groups attached to an aromatic ring is 1. The average Bonchev–Trinajstić information content (AvgIpc) is 2.84. The molecule has 21 heavy (non-hydrogen) atoms. The number of rotatable bonds is 5. The zero-order chi connectivity index (χ0) is 15.2. The van der Waals surface area contributed by atoms with Crippen molar-refractivity contribution >= 4 is 34.3 Å². The Kier molecular flexibility index (Phi) is 4.51. The van der Waals surface area contributed by atoms with Crippen molar-refractivity contribution in [2.75, 3.05) is 5.73 Å². The van der Waals surface area contributed by atoms with Gasteiger partial charge in [0.25, 0.3) is 5.69 Å². The normalized spacial score (nSPS) is 10.7. The number of hydrazone groups is 1. The molecule has 9 nitrogen and oxygen atoms in total. The Bertz CT molecular complexity index is 699. The number of aromatic nitrogens is 2. The second kappa shape index (κ2) is 6.52. The van der Waals surface area contributed by atoms with Crippen molar-refractivity contribution in [1.82, 2.24) is 15.6 Å². The molecule has 1 aromatic heterocycles. The van der Waals surface area contributed by atoms with Crippen molar-refractivity contribution < 1.29 is 9.72 Å². The van der Waals surface area contributed by atoms with Gasteiger partial charge in [-0.1, -0.05) is 23.5 Å². The van der Waals surface area contributed by atoms with Crippen LogP contribution in [0.25, 0.3) is 0 Å². The molecule has 10 heteroatoms. The lowest BCUT2D eigenvalue weighted by Crippen LogP contribution is -2.19. The molecule has 0 unspecified atom stereocenters. The summed E-state index contributed by atoms with van der Waals surface area (Å²) in [6.07, 6.45) is 1.33. The Balaban J connectivity index is 1.91. The van der Waals surface area contributed by atoms with Gasteiger partial charge in [0.15, 0.2) is 0 Å². The van der Waals surface area contributed by atoms with Crippen molar-refractivity contribution in [2.45, 2.75) is 6.42 Å². The summed E-state index contributed by atoms with van der Waals surface area (Å²) in [4.78, 5) is 21.7. The smallest absolute Gasteiger partial charge is 0.270 e. The molecule has 2 rings (SSSR count). The number of nitrogens with zero attached hydrogens (tertiary/aromatic N) is 4. The van der Waals surface area contributed by atoms with E-state index in [9.17, 15) is 14.9 Å². The Hall–Kier alpha value is -2.88. The van der Waals surface area contributed by atoms with Crippen LogP contribution >= 0.6 is 11.3 Å². The summed E-state index contributed by atoms with van der Waals surface area (Å²) in [5, 5.41) is 22.4. The molecule has 0 saturated heterocycles. The minimum atomic E-state index is -0.504. The fourth-order valence-corrected chi connectivity index (χ4v) is 2.02. The highest BCUT2D eigenvalue weighted by Gasteiger charge is 2.07. The fraction of sp³-hybridized carbons (Fsp3) is 0.0909. The summed E-state index contributed by atoms with van der Waals surface area (Å²) in [6, 6.07) is 5.89. The molecule has 0 radical (unpaired) electrons. The molecule has 0 bridgehead atoms. The number of nitro benzene ring substituents is 1. The fourth-order valence-electron chi connectivity index (χ4n) is 1.41. The molecule has 0 atom stereocenters. The minimum absolute atomic E-state index is 0.0150. The number of carbonyl (C=O) groups excluding carboxylic acids is 1. The molecule has 0 aliphatic rings. The van der Waals surface area contributed by atoms with Gasteiger partial charge in [-0.05, 0) is 0 Å². The van der Waals surface area contributed by atoms with Crippen LogP contribution in [0.15, 0.2) is 29.4 Å². The van der Waals surface area contributed by atoms with E-state index in [4.69, 9.17) is 5.73 Å². The third-order valence-electron chi connectivity index (χ3n) is 2.28. The van der Waals surface area contributed by atoms with E-state index >= 15 is 0 Å². The predicted molar refractivity (Wildman–Crippen MR) is 76.9 cm³/mol. The molecule has 0 spiro atoms. The van der Waals surface area contributed by atoms with Crippen molar-refractivity contribution in [3.8, 4) is 0 Å². The van der Waals surface area contributed by atoms with Gasteiger partial charge in [-0.3, -0.25) is 14.9 Å². The van der Waals surface area contributed by atoms with Crippen LogP contribution in [0.5, 0.6) is 0 Å². The molecule has 1 aromatic carbocycles. The Morgan fingerprint density at radius 2 is 2.33 bits per heavy atom. The maximum absolute atomic E-state index is 11.6. The highest BCUT2D eigenvalue weighted by molar-refractivity contribution is 7.15. The number of nitro groups is 1. The lowest BCUT2D eigenvalue weighted by molar-refractivity contribution is -0.384. The lowest BCUT2D eigenvalue weighted by Gasteiger charge is -1.96. The number of hydrogen-bond acceptors (Lipinski definition) is 8. The molecule has 3 N–H and O–H groups in total. The van der Waals surface area contributed by atoms with E-state index in [-0.39, 0.29) is 23.1 Å². The molecule has 1 amide bonds. The van der Waals surface area contributed by atoms with Crippen molar-refractivity contribution in [2.24, 2.45) is 5.10 Å². The molecule has 0 saturated carbocycles. The number of benzene rings is 1. The maximum atomic E-state index is 11.6. The van der Waals surface area contributed by atoms with Crippen LogP contribution in [0, 0.1) is 10.1 Å². The van der Waals surface area contributed by atoms with Gasteiger partial charge >= 0.3 is 0 Å². The summed E-state index contributed by atoms with van der Waals surface area (Å²) in [6.45, 7) is 0. The monoisotopic (exact) mass is 306 g/mol. The Morgan fingerprint density at radius 3 is 3.00 bits per heavy atom. The number of nitrogens with one attached hydrogen (secondary N) is 1. The van der Waals surface area contributed by atoms with Gasteiger partial charge in [-0.2, -0.15) is 5.10 Å².